The Morgan fingerprint density at radius 3 is 2.42 bits per heavy atom. The summed E-state index contributed by atoms with van der Waals surface area (Å²) in [5.41, 5.74) is 0.809. The molecule has 0 radical (unpaired) electrons. The van der Waals surface area contributed by atoms with Gasteiger partial charge in [0.25, 0.3) is 5.91 Å². The quantitative estimate of drug-likeness (QED) is 0.582. The minimum atomic E-state index is -0.531. The number of ether oxygens (including phenoxy) is 1. The van der Waals surface area contributed by atoms with Crippen LogP contribution in [-0.4, -0.2) is 66.9 Å². The van der Waals surface area contributed by atoms with Gasteiger partial charge in [-0.1, -0.05) is 0 Å². The van der Waals surface area contributed by atoms with Crippen LogP contribution < -0.4 is 5.32 Å². The van der Waals surface area contributed by atoms with E-state index in [-0.39, 0.29) is 29.9 Å². The van der Waals surface area contributed by atoms with Gasteiger partial charge in [-0.15, -0.1) is 11.3 Å². The number of nitrogens with zero attached hydrogens (tertiary/aromatic N) is 3. The Balaban J connectivity index is 2.21. The molecule has 31 heavy (non-hydrogen) atoms. The monoisotopic (exact) mass is 448 g/mol. The Labute approximate surface area is 188 Å². The number of hydrogen-bond donors (Lipinski definition) is 1. The van der Waals surface area contributed by atoms with Gasteiger partial charge in [-0.05, 0) is 59.2 Å². The zero-order valence-electron chi connectivity index (χ0n) is 18.8. The van der Waals surface area contributed by atoms with Crippen molar-refractivity contribution in [1.29, 1.82) is 5.26 Å². The van der Waals surface area contributed by atoms with Gasteiger partial charge < -0.3 is 19.9 Å². The van der Waals surface area contributed by atoms with Gasteiger partial charge in [-0.25, -0.2) is 4.79 Å². The average Bonchev–Trinajstić information content (AvgIpc) is 3.09. The molecule has 1 aromatic rings. The molecule has 0 saturated carbocycles. The van der Waals surface area contributed by atoms with Gasteiger partial charge in [0.2, 0.25) is 5.91 Å². The summed E-state index contributed by atoms with van der Waals surface area (Å²) in [6, 6.07) is 2.15. The third-order valence-corrected chi connectivity index (χ3v) is 6.80. The minimum absolute atomic E-state index is 0.145. The summed E-state index contributed by atoms with van der Waals surface area (Å²) in [4.78, 5) is 42.8. The lowest BCUT2D eigenvalue weighted by molar-refractivity contribution is -0.121. The summed E-state index contributed by atoms with van der Waals surface area (Å²) in [5.74, 6) is -0.993. The lowest BCUT2D eigenvalue weighted by atomic mass is 9.96. The van der Waals surface area contributed by atoms with Crippen molar-refractivity contribution in [3.05, 3.63) is 16.0 Å². The molecule has 2 amide bonds. The Bertz CT molecular complexity index is 833. The van der Waals surface area contributed by atoms with Gasteiger partial charge in [-0.2, -0.15) is 5.26 Å². The molecule has 0 aliphatic carbocycles. The lowest BCUT2D eigenvalue weighted by Gasteiger charge is -2.30. The van der Waals surface area contributed by atoms with Gasteiger partial charge in [0, 0.05) is 32.0 Å². The number of amides is 2. The molecule has 2 rings (SSSR count). The van der Waals surface area contributed by atoms with Crippen molar-refractivity contribution >= 4 is 34.1 Å². The van der Waals surface area contributed by atoms with Crippen LogP contribution in [0.1, 0.15) is 65.6 Å². The highest BCUT2D eigenvalue weighted by Gasteiger charge is 2.30. The Kier molecular flexibility index (Phi) is 9.46. The summed E-state index contributed by atoms with van der Waals surface area (Å²) < 4.78 is 5.19. The van der Waals surface area contributed by atoms with Crippen molar-refractivity contribution in [3.63, 3.8) is 0 Å². The van der Waals surface area contributed by atoms with Crippen LogP contribution in [0.3, 0.4) is 0 Å². The van der Waals surface area contributed by atoms with Gasteiger partial charge in [0.05, 0.1) is 23.1 Å². The largest absolute Gasteiger partial charge is 0.462 e. The number of piperidine rings is 1. The predicted molar refractivity (Wildman–Crippen MR) is 120 cm³/mol. The second kappa shape index (κ2) is 11.8. The SMILES string of the molecule is CCOC(=O)c1c(NC(=O)C2CCN(CCC#N)CC2)sc(C(=O)N(CC)CC)c1C. The van der Waals surface area contributed by atoms with Crippen LogP contribution in [0.15, 0.2) is 0 Å². The number of carbonyl (C=O) groups excluding carboxylic acids is 3. The standard InChI is InChI=1S/C22H32N4O4S/c1-5-26(6-2)21(28)18-15(4)17(22(29)30-7-3)20(31-18)24-19(27)16-9-13-25(14-10-16)12-8-11-23/h16H,5-10,12-14H2,1-4H3,(H,24,27). The molecule has 0 bridgehead atoms. The maximum Gasteiger partial charge on any atom is 0.341 e. The first kappa shape index (κ1) is 24.8. The number of esters is 1. The van der Waals surface area contributed by atoms with E-state index in [4.69, 9.17) is 10.00 Å². The maximum atomic E-state index is 12.9. The average molecular weight is 449 g/mol. The minimum Gasteiger partial charge on any atom is -0.462 e. The Morgan fingerprint density at radius 2 is 1.87 bits per heavy atom. The molecule has 9 heteroatoms. The van der Waals surface area contributed by atoms with Crippen molar-refractivity contribution < 1.29 is 19.1 Å². The number of nitriles is 1. The van der Waals surface area contributed by atoms with Crippen LogP contribution in [0.4, 0.5) is 5.00 Å². The molecule has 1 fully saturated rings. The molecule has 2 heterocycles. The van der Waals surface area contributed by atoms with E-state index in [0.717, 1.165) is 31.0 Å². The van der Waals surface area contributed by atoms with E-state index in [1.165, 1.54) is 0 Å². The fourth-order valence-corrected chi connectivity index (χ4v) is 4.92. The van der Waals surface area contributed by atoms with Crippen molar-refractivity contribution in [3.8, 4) is 6.07 Å². The summed E-state index contributed by atoms with van der Waals surface area (Å²) >= 11 is 1.14. The van der Waals surface area contributed by atoms with E-state index in [0.29, 0.717) is 47.8 Å². The van der Waals surface area contributed by atoms with Gasteiger partial charge in [-0.3, -0.25) is 9.59 Å². The predicted octanol–water partition coefficient (Wildman–Crippen LogP) is 3.28. The highest BCUT2D eigenvalue weighted by molar-refractivity contribution is 7.18. The molecular formula is C22H32N4O4S. The normalized spacial score (nSPS) is 14.7. The van der Waals surface area contributed by atoms with Gasteiger partial charge >= 0.3 is 5.97 Å². The molecule has 170 valence electrons. The summed E-state index contributed by atoms with van der Waals surface area (Å²) in [5, 5.41) is 12.0. The first-order valence-corrected chi connectivity index (χ1v) is 11.7. The fraction of sp³-hybridized carbons (Fsp3) is 0.636. The van der Waals surface area contributed by atoms with Crippen LogP contribution in [0.25, 0.3) is 0 Å². The third kappa shape index (κ3) is 6.05. The molecule has 0 unspecified atom stereocenters. The van der Waals surface area contributed by atoms with E-state index in [9.17, 15) is 14.4 Å². The number of thiophene rings is 1. The Morgan fingerprint density at radius 1 is 1.23 bits per heavy atom. The summed E-state index contributed by atoms with van der Waals surface area (Å²) in [6.45, 7) is 10.8. The Hall–Kier alpha value is -2.44. The van der Waals surface area contributed by atoms with Crippen LogP contribution in [-0.2, 0) is 9.53 Å². The molecule has 1 aliphatic heterocycles. The lowest BCUT2D eigenvalue weighted by Crippen LogP contribution is -2.38. The zero-order chi connectivity index (χ0) is 23.0. The second-order valence-corrected chi connectivity index (χ2v) is 8.49. The van der Waals surface area contributed by atoms with Crippen molar-refractivity contribution in [2.45, 2.75) is 47.0 Å². The van der Waals surface area contributed by atoms with Crippen LogP contribution in [0, 0.1) is 24.2 Å². The van der Waals surface area contributed by atoms with Crippen LogP contribution in [0.5, 0.6) is 0 Å². The van der Waals surface area contributed by atoms with Crippen molar-refractivity contribution in [2.75, 3.05) is 44.6 Å². The molecule has 1 saturated heterocycles. The van der Waals surface area contributed by atoms with Crippen LogP contribution >= 0.6 is 11.3 Å². The van der Waals surface area contributed by atoms with Crippen molar-refractivity contribution in [2.24, 2.45) is 5.92 Å². The van der Waals surface area contributed by atoms with E-state index in [1.807, 2.05) is 13.8 Å². The number of hydrogen-bond acceptors (Lipinski definition) is 7. The number of likely N-dealkylation sites (tertiary alicyclic amines) is 1. The van der Waals surface area contributed by atoms with E-state index >= 15 is 0 Å². The van der Waals surface area contributed by atoms with E-state index in [1.54, 1.807) is 18.7 Å². The third-order valence-electron chi connectivity index (χ3n) is 5.61. The van der Waals surface area contributed by atoms with E-state index in [2.05, 4.69) is 16.3 Å². The summed E-state index contributed by atoms with van der Waals surface area (Å²) in [7, 11) is 0. The number of anilines is 1. The summed E-state index contributed by atoms with van der Waals surface area (Å²) in [6.07, 6.45) is 1.88. The molecule has 0 aromatic carbocycles. The number of rotatable bonds is 9. The zero-order valence-corrected chi connectivity index (χ0v) is 19.6. The number of nitrogens with one attached hydrogen (secondary N) is 1. The molecule has 1 aliphatic rings. The first-order valence-electron chi connectivity index (χ1n) is 10.9. The molecule has 1 aromatic heterocycles. The smallest absolute Gasteiger partial charge is 0.341 e. The number of carbonyl (C=O) groups is 3. The molecule has 8 nitrogen and oxygen atoms in total. The van der Waals surface area contributed by atoms with E-state index < -0.39 is 5.97 Å². The maximum absolute atomic E-state index is 12.9. The topological polar surface area (TPSA) is 103 Å². The fourth-order valence-electron chi connectivity index (χ4n) is 3.75. The molecule has 0 atom stereocenters. The molecule has 0 spiro atoms. The molecule has 1 N–H and O–H groups in total. The van der Waals surface area contributed by atoms with Crippen molar-refractivity contribution in [1.82, 2.24) is 9.80 Å². The van der Waals surface area contributed by atoms with Gasteiger partial charge in [0.1, 0.15) is 5.00 Å². The molecular weight excluding hydrogens is 416 g/mol. The van der Waals surface area contributed by atoms with Gasteiger partial charge in [0.15, 0.2) is 0 Å². The highest BCUT2D eigenvalue weighted by Crippen LogP contribution is 2.35. The second-order valence-electron chi connectivity index (χ2n) is 7.47. The first-order chi connectivity index (χ1) is 14.9. The highest BCUT2D eigenvalue weighted by atomic mass is 32.1. The van der Waals surface area contributed by atoms with Crippen LogP contribution in [0.2, 0.25) is 0 Å².